The molecule has 0 aromatic heterocycles. The van der Waals surface area contributed by atoms with Crippen LogP contribution in [0.2, 0.25) is 0 Å². The molecule has 0 unspecified atom stereocenters. The van der Waals surface area contributed by atoms with Gasteiger partial charge in [-0.15, -0.1) is 0 Å². The van der Waals surface area contributed by atoms with Crippen molar-refractivity contribution >= 4 is 5.97 Å². The van der Waals surface area contributed by atoms with Crippen molar-refractivity contribution in [2.75, 3.05) is 0 Å². The lowest BCUT2D eigenvalue weighted by molar-refractivity contribution is 0.0734. The predicted octanol–water partition coefficient (Wildman–Crippen LogP) is 8.15. The average Bonchev–Trinajstić information content (AvgIpc) is 2.87. The van der Waals surface area contributed by atoms with Gasteiger partial charge in [0.15, 0.2) is 0 Å². The summed E-state index contributed by atoms with van der Waals surface area (Å²) < 4.78 is 33.5. The van der Waals surface area contributed by atoms with Crippen molar-refractivity contribution in [1.82, 2.24) is 0 Å². The first-order chi connectivity index (χ1) is 16.9. The molecule has 0 aliphatic rings. The fraction of sp³-hybridized carbons (Fsp3) is 0.194. The van der Waals surface area contributed by atoms with E-state index in [1.165, 1.54) is 11.1 Å². The molecule has 0 amide bonds. The number of halogens is 2. The van der Waals surface area contributed by atoms with Crippen LogP contribution in [0.4, 0.5) is 8.78 Å². The molecule has 4 aromatic carbocycles. The zero-order valence-corrected chi connectivity index (χ0v) is 19.9. The molecule has 0 aliphatic heterocycles. The molecule has 35 heavy (non-hydrogen) atoms. The Morgan fingerprint density at radius 2 is 1.40 bits per heavy atom. The summed E-state index contributed by atoms with van der Waals surface area (Å²) in [7, 11) is 0. The summed E-state index contributed by atoms with van der Waals surface area (Å²) in [5, 5.41) is 0. The van der Waals surface area contributed by atoms with Gasteiger partial charge < -0.3 is 4.74 Å². The van der Waals surface area contributed by atoms with Gasteiger partial charge in [-0.2, -0.15) is 0 Å². The maximum absolute atomic E-state index is 14.1. The van der Waals surface area contributed by atoms with E-state index in [-0.39, 0.29) is 11.3 Å². The first kappa shape index (κ1) is 24.3. The Kier molecular flexibility index (Phi) is 7.71. The Labute approximate surface area is 205 Å². The maximum Gasteiger partial charge on any atom is 0.343 e. The van der Waals surface area contributed by atoms with E-state index in [9.17, 15) is 13.6 Å². The summed E-state index contributed by atoms with van der Waals surface area (Å²) in [6, 6.07) is 28.0. The van der Waals surface area contributed by atoms with Crippen LogP contribution in [-0.2, 0) is 12.8 Å². The molecule has 4 rings (SSSR count). The number of carbonyl (C=O) groups is 1. The van der Waals surface area contributed by atoms with Crippen molar-refractivity contribution in [3.8, 4) is 16.9 Å². The second-order valence-corrected chi connectivity index (χ2v) is 8.80. The highest BCUT2D eigenvalue weighted by Crippen LogP contribution is 2.26. The monoisotopic (exact) mass is 470 g/mol. The van der Waals surface area contributed by atoms with E-state index in [2.05, 4.69) is 55.5 Å². The molecule has 0 radical (unpaired) electrons. The third-order valence-electron chi connectivity index (χ3n) is 6.14. The molecule has 0 fully saturated rings. The van der Waals surface area contributed by atoms with Crippen molar-refractivity contribution in [3.05, 3.63) is 125 Å². The molecule has 1 atom stereocenters. The van der Waals surface area contributed by atoms with Crippen molar-refractivity contribution in [1.29, 1.82) is 0 Å². The Hall–Kier alpha value is -3.79. The van der Waals surface area contributed by atoms with E-state index >= 15 is 0 Å². The molecule has 0 bridgehead atoms. The van der Waals surface area contributed by atoms with Crippen molar-refractivity contribution in [2.45, 2.75) is 39.0 Å². The highest BCUT2D eigenvalue weighted by atomic mass is 19.1. The number of benzene rings is 4. The third-order valence-corrected chi connectivity index (χ3v) is 6.14. The maximum atomic E-state index is 14.1. The Morgan fingerprint density at radius 3 is 1.97 bits per heavy atom. The molecule has 4 heteroatoms. The quantitative estimate of drug-likeness (QED) is 0.192. The summed E-state index contributed by atoms with van der Waals surface area (Å²) in [5.74, 6) is -1.78. The van der Waals surface area contributed by atoms with Crippen LogP contribution in [0.15, 0.2) is 91.0 Å². The molecule has 0 saturated carbocycles. The first-order valence-electron chi connectivity index (χ1n) is 11.9. The highest BCUT2D eigenvalue weighted by Gasteiger charge is 2.15. The summed E-state index contributed by atoms with van der Waals surface area (Å²) in [6.45, 7) is 4.07. The minimum atomic E-state index is -0.702. The van der Waals surface area contributed by atoms with Gasteiger partial charge in [0.25, 0.3) is 0 Å². The van der Waals surface area contributed by atoms with Crippen LogP contribution < -0.4 is 4.74 Å². The van der Waals surface area contributed by atoms with Gasteiger partial charge in [-0.3, -0.25) is 0 Å². The summed E-state index contributed by atoms with van der Waals surface area (Å²) >= 11 is 0. The van der Waals surface area contributed by atoms with Gasteiger partial charge in [-0.1, -0.05) is 87.0 Å². The standard InChI is InChI=1S/C31H28F2O2/c1-3-7-28-29(32)19-27(20-30(28)33)35-31(34)26-16-14-25(15-17-26)24-12-10-22(11-13-24)18-21(2)23-8-5-4-6-9-23/h4-6,8-17,19-21H,3,7,18H2,1-2H3/t21-/m1/s1. The number of hydrogen-bond donors (Lipinski definition) is 0. The van der Waals surface area contributed by atoms with Crippen LogP contribution in [0.25, 0.3) is 11.1 Å². The van der Waals surface area contributed by atoms with E-state index < -0.39 is 17.6 Å². The van der Waals surface area contributed by atoms with Crippen LogP contribution in [-0.4, -0.2) is 5.97 Å². The molecule has 4 aromatic rings. The molecular weight excluding hydrogens is 442 g/mol. The second-order valence-electron chi connectivity index (χ2n) is 8.80. The average molecular weight is 471 g/mol. The van der Waals surface area contributed by atoms with Gasteiger partial charge in [0.05, 0.1) is 5.56 Å². The van der Waals surface area contributed by atoms with Crippen molar-refractivity contribution < 1.29 is 18.3 Å². The number of carbonyl (C=O) groups excluding carboxylic acids is 1. The van der Waals surface area contributed by atoms with Gasteiger partial charge >= 0.3 is 5.97 Å². The molecular formula is C31H28F2O2. The van der Waals surface area contributed by atoms with Gasteiger partial charge in [0.2, 0.25) is 0 Å². The Morgan fingerprint density at radius 1 is 0.829 bits per heavy atom. The lowest BCUT2D eigenvalue weighted by atomic mass is 9.93. The Bertz CT molecular complexity index is 1260. The van der Waals surface area contributed by atoms with Gasteiger partial charge in [-0.25, -0.2) is 13.6 Å². The largest absolute Gasteiger partial charge is 0.423 e. The van der Waals surface area contributed by atoms with Crippen molar-refractivity contribution in [3.63, 3.8) is 0 Å². The smallest absolute Gasteiger partial charge is 0.343 e. The van der Waals surface area contributed by atoms with Crippen LogP contribution in [0.1, 0.15) is 53.2 Å². The van der Waals surface area contributed by atoms with Gasteiger partial charge in [-0.05, 0) is 53.1 Å². The van der Waals surface area contributed by atoms with Gasteiger partial charge in [0.1, 0.15) is 17.4 Å². The number of ether oxygens (including phenoxy) is 1. The number of rotatable bonds is 8. The molecule has 178 valence electrons. The summed E-state index contributed by atoms with van der Waals surface area (Å²) in [4.78, 5) is 12.5. The molecule has 0 aliphatic carbocycles. The Balaban J connectivity index is 1.41. The molecule has 0 N–H and O–H groups in total. The summed E-state index contributed by atoms with van der Waals surface area (Å²) in [5.41, 5.74) is 4.90. The van der Waals surface area contributed by atoms with Crippen LogP contribution in [0.3, 0.4) is 0 Å². The second kappa shape index (κ2) is 11.1. The van der Waals surface area contributed by atoms with E-state index in [4.69, 9.17) is 4.74 Å². The topological polar surface area (TPSA) is 26.3 Å². The molecule has 0 saturated heterocycles. The van der Waals surface area contributed by atoms with E-state index in [0.717, 1.165) is 29.7 Å². The fourth-order valence-corrected chi connectivity index (χ4v) is 4.18. The van der Waals surface area contributed by atoms with Crippen molar-refractivity contribution in [2.24, 2.45) is 0 Å². The first-order valence-corrected chi connectivity index (χ1v) is 11.9. The highest BCUT2D eigenvalue weighted by molar-refractivity contribution is 5.91. The SMILES string of the molecule is CCCc1c(F)cc(OC(=O)c2ccc(-c3ccc(C[C@@H](C)c4ccccc4)cc3)cc2)cc1F. The minimum absolute atomic E-state index is 0.0113. The minimum Gasteiger partial charge on any atom is -0.423 e. The normalized spacial score (nSPS) is 11.8. The zero-order chi connectivity index (χ0) is 24.8. The molecule has 0 spiro atoms. The zero-order valence-electron chi connectivity index (χ0n) is 19.9. The fourth-order valence-electron chi connectivity index (χ4n) is 4.18. The van der Waals surface area contributed by atoms with E-state index in [0.29, 0.717) is 24.3 Å². The number of hydrogen-bond acceptors (Lipinski definition) is 2. The van der Waals surface area contributed by atoms with E-state index in [1.54, 1.807) is 12.1 Å². The third kappa shape index (κ3) is 6.02. The van der Waals surface area contributed by atoms with Crippen LogP contribution in [0.5, 0.6) is 5.75 Å². The predicted molar refractivity (Wildman–Crippen MR) is 136 cm³/mol. The lowest BCUT2D eigenvalue weighted by Gasteiger charge is -2.12. The van der Waals surface area contributed by atoms with Gasteiger partial charge in [0, 0.05) is 17.7 Å². The lowest BCUT2D eigenvalue weighted by Crippen LogP contribution is -2.09. The number of esters is 1. The van der Waals surface area contributed by atoms with Crippen LogP contribution in [0, 0.1) is 11.6 Å². The summed E-state index contributed by atoms with van der Waals surface area (Å²) in [6.07, 6.45) is 1.87. The van der Waals surface area contributed by atoms with Crippen LogP contribution >= 0.6 is 0 Å². The van der Waals surface area contributed by atoms with E-state index in [1.807, 2.05) is 25.1 Å². The molecule has 0 heterocycles. The molecule has 2 nitrogen and oxygen atoms in total.